The summed E-state index contributed by atoms with van der Waals surface area (Å²) in [6, 6.07) is 2.26. The molecule has 1 atom stereocenters. The smallest absolute Gasteiger partial charge is 0.410 e. The molecule has 1 saturated heterocycles. The molecule has 0 radical (unpaired) electrons. The minimum Gasteiger partial charge on any atom is -0.444 e. The van der Waals surface area contributed by atoms with Crippen molar-refractivity contribution in [1.82, 2.24) is 20.0 Å². The molecular weight excluding hydrogens is 292 g/mol. The van der Waals surface area contributed by atoms with Crippen molar-refractivity contribution >= 4 is 6.09 Å². The van der Waals surface area contributed by atoms with Gasteiger partial charge in [-0.3, -0.25) is 4.68 Å². The summed E-state index contributed by atoms with van der Waals surface area (Å²) in [6.07, 6.45) is 5.94. The molecule has 0 bridgehead atoms. The Hall–Kier alpha value is -1.56. The number of hydrogen-bond acceptors (Lipinski definition) is 4. The topological polar surface area (TPSA) is 59.4 Å². The van der Waals surface area contributed by atoms with Crippen LogP contribution in [0.1, 0.15) is 45.7 Å². The number of nitrogens with zero attached hydrogens (tertiary/aromatic N) is 3. The number of likely N-dealkylation sites (tertiary alicyclic amines) is 1. The predicted molar refractivity (Wildman–Crippen MR) is 90.4 cm³/mol. The van der Waals surface area contributed by atoms with Crippen LogP contribution in [0, 0.1) is 0 Å². The van der Waals surface area contributed by atoms with Gasteiger partial charge in [0.2, 0.25) is 0 Å². The van der Waals surface area contributed by atoms with Gasteiger partial charge in [0.1, 0.15) is 5.60 Å². The third kappa shape index (κ3) is 5.86. The van der Waals surface area contributed by atoms with Crippen molar-refractivity contribution in [2.24, 2.45) is 7.05 Å². The van der Waals surface area contributed by atoms with E-state index in [0.717, 1.165) is 44.6 Å². The number of aromatic nitrogens is 2. The highest BCUT2D eigenvalue weighted by atomic mass is 16.6. The van der Waals surface area contributed by atoms with Crippen molar-refractivity contribution in [3.63, 3.8) is 0 Å². The highest BCUT2D eigenvalue weighted by Gasteiger charge is 2.30. The molecule has 0 aromatic carbocycles. The van der Waals surface area contributed by atoms with Gasteiger partial charge in [0, 0.05) is 45.3 Å². The zero-order valence-electron chi connectivity index (χ0n) is 14.8. The van der Waals surface area contributed by atoms with Crippen LogP contribution < -0.4 is 5.32 Å². The van der Waals surface area contributed by atoms with Crippen molar-refractivity contribution in [3.8, 4) is 0 Å². The lowest BCUT2D eigenvalue weighted by Gasteiger charge is -2.36. The average molecular weight is 322 g/mol. The van der Waals surface area contributed by atoms with Crippen molar-refractivity contribution in [2.75, 3.05) is 19.6 Å². The van der Waals surface area contributed by atoms with Gasteiger partial charge in [-0.1, -0.05) is 0 Å². The molecule has 1 fully saturated rings. The molecule has 2 heterocycles. The number of aryl methyl sites for hydroxylation is 1. The monoisotopic (exact) mass is 322 g/mol. The van der Waals surface area contributed by atoms with E-state index in [4.69, 9.17) is 4.74 Å². The largest absolute Gasteiger partial charge is 0.444 e. The Morgan fingerprint density at radius 2 is 2.22 bits per heavy atom. The molecule has 1 unspecified atom stereocenters. The molecule has 1 amide bonds. The summed E-state index contributed by atoms with van der Waals surface area (Å²) in [4.78, 5) is 14.2. The summed E-state index contributed by atoms with van der Waals surface area (Å²) < 4.78 is 7.35. The van der Waals surface area contributed by atoms with Crippen LogP contribution >= 0.6 is 0 Å². The average Bonchev–Trinajstić information content (AvgIpc) is 2.88. The molecule has 23 heavy (non-hydrogen) atoms. The van der Waals surface area contributed by atoms with E-state index >= 15 is 0 Å². The third-order valence-electron chi connectivity index (χ3n) is 3.96. The van der Waals surface area contributed by atoms with Crippen molar-refractivity contribution in [1.29, 1.82) is 0 Å². The van der Waals surface area contributed by atoms with E-state index < -0.39 is 5.60 Å². The number of carbonyl (C=O) groups is 1. The first kappa shape index (κ1) is 17.8. The Labute approximate surface area is 139 Å². The molecule has 6 heteroatoms. The second-order valence-corrected chi connectivity index (χ2v) is 7.26. The molecule has 1 aliphatic heterocycles. The van der Waals surface area contributed by atoms with E-state index in [1.807, 2.05) is 49.7 Å². The maximum Gasteiger partial charge on any atom is 0.410 e. The zero-order valence-corrected chi connectivity index (χ0v) is 14.8. The second kappa shape index (κ2) is 7.81. The maximum absolute atomic E-state index is 12.3. The van der Waals surface area contributed by atoms with Gasteiger partial charge in [-0.15, -0.1) is 0 Å². The van der Waals surface area contributed by atoms with Crippen LogP contribution in [-0.2, 0) is 18.2 Å². The molecular formula is C17H30N4O2. The van der Waals surface area contributed by atoms with Gasteiger partial charge >= 0.3 is 6.09 Å². The number of hydrogen-bond donors (Lipinski definition) is 1. The molecule has 0 saturated carbocycles. The van der Waals surface area contributed by atoms with Gasteiger partial charge < -0.3 is 15.0 Å². The highest BCUT2D eigenvalue weighted by molar-refractivity contribution is 5.68. The van der Waals surface area contributed by atoms with E-state index in [9.17, 15) is 4.79 Å². The Morgan fingerprint density at radius 1 is 1.43 bits per heavy atom. The van der Waals surface area contributed by atoms with Crippen LogP contribution in [-0.4, -0.2) is 52.1 Å². The fourth-order valence-corrected chi connectivity index (χ4v) is 2.86. The van der Waals surface area contributed by atoms with Crippen LogP contribution in [0.3, 0.4) is 0 Å². The van der Waals surface area contributed by atoms with E-state index in [-0.39, 0.29) is 12.1 Å². The van der Waals surface area contributed by atoms with Crippen LogP contribution in [0.2, 0.25) is 0 Å². The summed E-state index contributed by atoms with van der Waals surface area (Å²) in [6.45, 7) is 8.21. The standard InChI is InChI=1S/C17H30N4O2/c1-17(2,3)23-16(22)21-11-6-5-7-15(21)13-18-10-8-14-9-12-20(4)19-14/h9,12,15,18H,5-8,10-11,13H2,1-4H3. The van der Waals surface area contributed by atoms with E-state index in [1.165, 1.54) is 6.42 Å². The Bertz CT molecular complexity index is 507. The second-order valence-electron chi connectivity index (χ2n) is 7.26. The third-order valence-corrected chi connectivity index (χ3v) is 3.96. The maximum atomic E-state index is 12.3. The zero-order chi connectivity index (χ0) is 16.9. The molecule has 0 aliphatic carbocycles. The summed E-state index contributed by atoms with van der Waals surface area (Å²) in [5, 5.41) is 7.83. The minimum absolute atomic E-state index is 0.186. The summed E-state index contributed by atoms with van der Waals surface area (Å²) in [5.41, 5.74) is 0.651. The SMILES string of the molecule is Cn1ccc(CCNCC2CCCCN2C(=O)OC(C)(C)C)n1. The molecule has 1 aromatic rings. The van der Waals surface area contributed by atoms with Crippen molar-refractivity contribution < 1.29 is 9.53 Å². The number of piperidine rings is 1. The van der Waals surface area contributed by atoms with E-state index in [0.29, 0.717) is 0 Å². The first-order chi connectivity index (χ1) is 10.8. The van der Waals surface area contributed by atoms with Gasteiger partial charge in [0.25, 0.3) is 0 Å². The predicted octanol–water partition coefficient (Wildman–Crippen LogP) is 2.34. The Balaban J connectivity index is 1.78. The molecule has 0 spiro atoms. The minimum atomic E-state index is -0.439. The lowest BCUT2D eigenvalue weighted by Crippen LogP contribution is -2.50. The fourth-order valence-electron chi connectivity index (χ4n) is 2.86. The fraction of sp³-hybridized carbons (Fsp3) is 0.765. The van der Waals surface area contributed by atoms with Crippen molar-refractivity contribution in [2.45, 2.75) is 58.1 Å². The normalized spacial score (nSPS) is 19.0. The first-order valence-electron chi connectivity index (χ1n) is 8.54. The number of ether oxygens (including phenoxy) is 1. The highest BCUT2D eigenvalue weighted by Crippen LogP contribution is 2.20. The van der Waals surface area contributed by atoms with E-state index in [1.54, 1.807) is 0 Å². The van der Waals surface area contributed by atoms with Gasteiger partial charge in [-0.2, -0.15) is 5.10 Å². The van der Waals surface area contributed by atoms with Gasteiger partial charge in [-0.25, -0.2) is 4.79 Å². The molecule has 2 rings (SSSR count). The van der Waals surface area contributed by atoms with Crippen LogP contribution in [0.15, 0.2) is 12.3 Å². The molecule has 6 nitrogen and oxygen atoms in total. The van der Waals surface area contributed by atoms with Gasteiger partial charge in [-0.05, 0) is 46.1 Å². The van der Waals surface area contributed by atoms with Crippen LogP contribution in [0.25, 0.3) is 0 Å². The quantitative estimate of drug-likeness (QED) is 0.845. The molecule has 130 valence electrons. The number of rotatable bonds is 5. The Kier molecular flexibility index (Phi) is 6.04. The molecule has 1 aromatic heterocycles. The van der Waals surface area contributed by atoms with Gasteiger partial charge in [0.05, 0.1) is 5.69 Å². The van der Waals surface area contributed by atoms with Gasteiger partial charge in [0.15, 0.2) is 0 Å². The molecule has 1 N–H and O–H groups in total. The first-order valence-corrected chi connectivity index (χ1v) is 8.54. The number of nitrogens with one attached hydrogen (secondary N) is 1. The summed E-state index contributed by atoms with van der Waals surface area (Å²) in [7, 11) is 1.93. The van der Waals surface area contributed by atoms with Crippen LogP contribution in [0.4, 0.5) is 4.79 Å². The lowest BCUT2D eigenvalue weighted by atomic mass is 10.0. The number of amides is 1. The molecule has 1 aliphatic rings. The Morgan fingerprint density at radius 3 is 2.87 bits per heavy atom. The number of carbonyl (C=O) groups excluding carboxylic acids is 1. The lowest BCUT2D eigenvalue weighted by molar-refractivity contribution is 0.00999. The summed E-state index contributed by atoms with van der Waals surface area (Å²) in [5.74, 6) is 0. The van der Waals surface area contributed by atoms with Crippen molar-refractivity contribution in [3.05, 3.63) is 18.0 Å². The van der Waals surface area contributed by atoms with Crippen LogP contribution in [0.5, 0.6) is 0 Å². The summed E-state index contributed by atoms with van der Waals surface area (Å²) >= 11 is 0. The van der Waals surface area contributed by atoms with E-state index in [2.05, 4.69) is 10.4 Å².